The number of hydrogen-bond acceptors (Lipinski definition) is 6. The highest BCUT2D eigenvalue weighted by molar-refractivity contribution is 5.53. The maximum absolute atomic E-state index is 14.1. The van der Waals surface area contributed by atoms with E-state index < -0.39 is 17.4 Å². The molecule has 8 heteroatoms. The maximum atomic E-state index is 14.1. The Balaban J connectivity index is 0.000000363. The van der Waals surface area contributed by atoms with Crippen LogP contribution in [0.5, 0.6) is 5.75 Å². The van der Waals surface area contributed by atoms with E-state index in [4.69, 9.17) is 18.6 Å². The van der Waals surface area contributed by atoms with Crippen LogP contribution in [0.3, 0.4) is 0 Å². The summed E-state index contributed by atoms with van der Waals surface area (Å²) in [6.45, 7) is 13.0. The minimum Gasteiger partial charge on any atom is -0.488 e. The lowest BCUT2D eigenvalue weighted by molar-refractivity contribution is -0.141. The second-order valence-corrected chi connectivity index (χ2v) is 7.46. The van der Waals surface area contributed by atoms with E-state index >= 15 is 0 Å². The van der Waals surface area contributed by atoms with E-state index in [2.05, 4.69) is 5.32 Å². The number of furan rings is 1. The van der Waals surface area contributed by atoms with Crippen LogP contribution >= 0.6 is 0 Å². The molecule has 0 amide bonds. The van der Waals surface area contributed by atoms with Crippen LogP contribution in [0.25, 0.3) is 0 Å². The standard InChI is InChI=1S/C16H22F2N2O3.C5H6O.C2H6/c1-16(2)22-10-11(23-16)9-21-15-8-14(12(17)7-13(15)18)20-5-3-19-4-6-20;1-5-3-2-4-6-5;1-2/h7-8,11,19H,3-6,9-10H2,1-2H3;2-4H,1H3;1-2H3. The van der Waals surface area contributed by atoms with Crippen molar-refractivity contribution in [1.82, 2.24) is 5.32 Å². The van der Waals surface area contributed by atoms with Crippen molar-refractivity contribution in [3.63, 3.8) is 0 Å². The Morgan fingerprint density at radius 3 is 2.39 bits per heavy atom. The van der Waals surface area contributed by atoms with Gasteiger partial charge in [0.15, 0.2) is 17.4 Å². The Kier molecular flexibility index (Phi) is 9.74. The van der Waals surface area contributed by atoms with Gasteiger partial charge in [0.05, 0.1) is 18.6 Å². The number of rotatable bonds is 4. The fourth-order valence-corrected chi connectivity index (χ4v) is 3.17. The molecule has 1 atom stereocenters. The van der Waals surface area contributed by atoms with Crippen molar-refractivity contribution in [2.45, 2.75) is 46.5 Å². The first-order valence-electron chi connectivity index (χ1n) is 10.7. The molecule has 31 heavy (non-hydrogen) atoms. The zero-order valence-electron chi connectivity index (χ0n) is 19.0. The molecular formula is C23H34F2N2O4. The Hall–Kier alpha value is -2.16. The zero-order chi connectivity index (χ0) is 22.9. The van der Waals surface area contributed by atoms with E-state index in [0.29, 0.717) is 25.4 Å². The molecule has 2 aliphatic heterocycles. The summed E-state index contributed by atoms with van der Waals surface area (Å²) in [5.41, 5.74) is 0.367. The average molecular weight is 441 g/mol. The first-order valence-corrected chi connectivity index (χ1v) is 10.7. The molecule has 174 valence electrons. The van der Waals surface area contributed by atoms with Gasteiger partial charge in [-0.2, -0.15) is 0 Å². The lowest BCUT2D eigenvalue weighted by Crippen LogP contribution is -2.43. The second-order valence-electron chi connectivity index (χ2n) is 7.46. The predicted octanol–water partition coefficient (Wildman–Crippen LogP) is 4.52. The predicted molar refractivity (Wildman–Crippen MR) is 117 cm³/mol. The third-order valence-electron chi connectivity index (χ3n) is 4.61. The van der Waals surface area contributed by atoms with Crippen molar-refractivity contribution in [3.05, 3.63) is 47.9 Å². The van der Waals surface area contributed by atoms with Gasteiger partial charge in [0.1, 0.15) is 24.3 Å². The molecule has 0 radical (unpaired) electrons. The number of halogens is 2. The molecule has 2 aliphatic rings. The zero-order valence-corrected chi connectivity index (χ0v) is 19.0. The van der Waals surface area contributed by atoms with Gasteiger partial charge in [0.25, 0.3) is 0 Å². The molecule has 1 unspecified atom stereocenters. The van der Waals surface area contributed by atoms with Crippen molar-refractivity contribution < 1.29 is 27.4 Å². The monoisotopic (exact) mass is 440 g/mol. The number of nitrogens with one attached hydrogen (secondary N) is 1. The van der Waals surface area contributed by atoms with Crippen LogP contribution in [0.15, 0.2) is 34.9 Å². The number of piperazine rings is 1. The van der Waals surface area contributed by atoms with Crippen molar-refractivity contribution >= 4 is 5.69 Å². The number of aryl methyl sites for hydroxylation is 1. The summed E-state index contributed by atoms with van der Waals surface area (Å²) >= 11 is 0. The molecule has 2 fully saturated rings. The molecule has 2 aromatic rings. The van der Waals surface area contributed by atoms with Crippen molar-refractivity contribution in [1.29, 1.82) is 0 Å². The Labute approximate surface area is 183 Å². The quantitative estimate of drug-likeness (QED) is 0.755. The molecule has 6 nitrogen and oxygen atoms in total. The largest absolute Gasteiger partial charge is 0.488 e. The van der Waals surface area contributed by atoms with Crippen LogP contribution in [-0.2, 0) is 9.47 Å². The first kappa shape index (κ1) is 25.1. The first-order chi connectivity index (χ1) is 14.8. The fourth-order valence-electron chi connectivity index (χ4n) is 3.17. The van der Waals surface area contributed by atoms with Crippen molar-refractivity contribution in [3.8, 4) is 5.75 Å². The van der Waals surface area contributed by atoms with Crippen LogP contribution in [0, 0.1) is 18.6 Å². The minimum absolute atomic E-state index is 0.0354. The van der Waals surface area contributed by atoms with Crippen LogP contribution in [-0.4, -0.2) is 51.3 Å². The number of nitrogens with zero attached hydrogens (tertiary/aromatic N) is 1. The summed E-state index contributed by atoms with van der Waals surface area (Å²) in [6, 6.07) is 6.09. The lowest BCUT2D eigenvalue weighted by atomic mass is 10.2. The SMILES string of the molecule is CC.CC1(C)OCC(COc2cc(N3CCNCC3)c(F)cc2F)O1.Cc1ccco1. The molecule has 1 aromatic heterocycles. The summed E-state index contributed by atoms with van der Waals surface area (Å²) < 4.78 is 49.4. The van der Waals surface area contributed by atoms with Gasteiger partial charge >= 0.3 is 0 Å². The molecule has 3 heterocycles. The normalized spacial score (nSPS) is 19.7. The van der Waals surface area contributed by atoms with Gasteiger partial charge in [0.2, 0.25) is 0 Å². The molecule has 0 saturated carbocycles. The number of anilines is 1. The summed E-state index contributed by atoms with van der Waals surface area (Å²) in [6.07, 6.45) is 1.40. The number of hydrogen-bond donors (Lipinski definition) is 1. The number of ether oxygens (including phenoxy) is 3. The molecule has 0 spiro atoms. The third-order valence-corrected chi connectivity index (χ3v) is 4.61. The topological polar surface area (TPSA) is 56.1 Å². The Bertz CT molecular complexity index is 778. The average Bonchev–Trinajstić information content (AvgIpc) is 3.38. The third kappa shape index (κ3) is 7.79. The van der Waals surface area contributed by atoms with Gasteiger partial charge in [-0.25, -0.2) is 8.78 Å². The van der Waals surface area contributed by atoms with Gasteiger partial charge in [-0.1, -0.05) is 13.8 Å². The molecule has 1 N–H and O–H groups in total. The molecule has 1 aromatic carbocycles. The van der Waals surface area contributed by atoms with E-state index in [-0.39, 0.29) is 18.5 Å². The van der Waals surface area contributed by atoms with Gasteiger partial charge < -0.3 is 28.8 Å². The van der Waals surface area contributed by atoms with Crippen LogP contribution in [0.4, 0.5) is 14.5 Å². The smallest absolute Gasteiger partial charge is 0.168 e. The summed E-state index contributed by atoms with van der Waals surface area (Å²) in [5.74, 6) is -0.928. The van der Waals surface area contributed by atoms with E-state index in [1.165, 1.54) is 6.07 Å². The second kappa shape index (κ2) is 12.0. The van der Waals surface area contributed by atoms with Gasteiger partial charge in [-0.05, 0) is 32.9 Å². The summed E-state index contributed by atoms with van der Waals surface area (Å²) in [7, 11) is 0. The van der Waals surface area contributed by atoms with E-state index in [1.807, 2.05) is 51.7 Å². The van der Waals surface area contributed by atoms with Crippen molar-refractivity contribution in [2.24, 2.45) is 0 Å². The molecule has 4 rings (SSSR count). The Morgan fingerprint density at radius 1 is 1.16 bits per heavy atom. The minimum atomic E-state index is -0.709. The molecular weight excluding hydrogens is 406 g/mol. The van der Waals surface area contributed by atoms with Gasteiger partial charge in [-0.3, -0.25) is 0 Å². The molecule has 0 bridgehead atoms. The highest BCUT2D eigenvalue weighted by Crippen LogP contribution is 2.29. The van der Waals surface area contributed by atoms with E-state index in [1.54, 1.807) is 6.26 Å². The molecule has 2 saturated heterocycles. The summed E-state index contributed by atoms with van der Waals surface area (Å²) in [4.78, 5) is 1.89. The number of benzene rings is 1. The highest BCUT2D eigenvalue weighted by atomic mass is 19.1. The highest BCUT2D eigenvalue weighted by Gasteiger charge is 2.33. The van der Waals surface area contributed by atoms with Gasteiger partial charge in [-0.15, -0.1) is 0 Å². The Morgan fingerprint density at radius 2 is 1.87 bits per heavy atom. The maximum Gasteiger partial charge on any atom is 0.168 e. The van der Waals surface area contributed by atoms with Crippen LogP contribution in [0.1, 0.15) is 33.5 Å². The van der Waals surface area contributed by atoms with Crippen LogP contribution < -0.4 is 15.0 Å². The molecule has 0 aliphatic carbocycles. The fraction of sp³-hybridized carbons (Fsp3) is 0.565. The lowest BCUT2D eigenvalue weighted by Gasteiger charge is -2.30. The van der Waals surface area contributed by atoms with E-state index in [9.17, 15) is 8.78 Å². The van der Waals surface area contributed by atoms with Crippen molar-refractivity contribution in [2.75, 3.05) is 44.3 Å². The van der Waals surface area contributed by atoms with Crippen LogP contribution in [0.2, 0.25) is 0 Å². The van der Waals surface area contributed by atoms with E-state index in [0.717, 1.165) is 24.9 Å². The van der Waals surface area contributed by atoms with Gasteiger partial charge in [0, 0.05) is 38.3 Å². The summed E-state index contributed by atoms with van der Waals surface area (Å²) in [5, 5.41) is 3.20.